The molecule has 0 bridgehead atoms. The third-order valence-electron chi connectivity index (χ3n) is 3.29. The number of carbonyl (C=O) groups excluding carboxylic acids is 1. The van der Waals surface area contributed by atoms with Gasteiger partial charge in [0, 0.05) is 12.5 Å². The van der Waals surface area contributed by atoms with Crippen molar-refractivity contribution < 1.29 is 19.4 Å². The van der Waals surface area contributed by atoms with Crippen LogP contribution < -0.4 is 0 Å². The summed E-state index contributed by atoms with van der Waals surface area (Å²) in [6, 6.07) is 5.23. The minimum absolute atomic E-state index is 0.107. The van der Waals surface area contributed by atoms with Crippen molar-refractivity contribution in [1.29, 1.82) is 0 Å². The fourth-order valence-electron chi connectivity index (χ4n) is 1.92. The molecule has 1 aromatic rings. The Morgan fingerprint density at radius 1 is 1.53 bits per heavy atom. The summed E-state index contributed by atoms with van der Waals surface area (Å²) >= 11 is 0. The molecule has 0 unspecified atom stereocenters. The molecule has 1 atom stereocenters. The van der Waals surface area contributed by atoms with E-state index in [1.54, 1.807) is 18.2 Å². The number of aromatic hydroxyl groups is 1. The molecule has 0 spiro atoms. The summed E-state index contributed by atoms with van der Waals surface area (Å²) in [7, 11) is 1.33. The Kier molecular flexibility index (Phi) is 3.62. The number of epoxide rings is 1. The molecule has 0 aliphatic carbocycles. The molecular weight excluding hydrogens is 244 g/mol. The molecular formula is C15H18O4. The Balaban J connectivity index is 2.11. The molecule has 1 aliphatic rings. The van der Waals surface area contributed by atoms with Crippen molar-refractivity contribution >= 4 is 12.0 Å². The minimum atomic E-state index is -0.402. The van der Waals surface area contributed by atoms with Gasteiger partial charge in [-0.05, 0) is 43.2 Å². The quantitative estimate of drug-likeness (QED) is 0.514. The van der Waals surface area contributed by atoms with Gasteiger partial charge in [-0.1, -0.05) is 6.07 Å². The number of ether oxygens (including phenoxy) is 2. The lowest BCUT2D eigenvalue weighted by Gasteiger charge is -2.05. The molecule has 1 heterocycles. The Morgan fingerprint density at radius 3 is 2.79 bits per heavy atom. The van der Waals surface area contributed by atoms with E-state index in [0.717, 1.165) is 11.1 Å². The minimum Gasteiger partial charge on any atom is -0.508 e. The second kappa shape index (κ2) is 5.05. The molecule has 4 heteroatoms. The smallest absolute Gasteiger partial charge is 0.330 e. The first-order chi connectivity index (χ1) is 8.92. The highest BCUT2D eigenvalue weighted by Gasteiger charge is 2.47. The lowest BCUT2D eigenvalue weighted by Crippen LogP contribution is -2.06. The van der Waals surface area contributed by atoms with Gasteiger partial charge in [0.25, 0.3) is 0 Å². The molecule has 2 rings (SSSR count). The third-order valence-corrected chi connectivity index (χ3v) is 3.29. The molecule has 1 aliphatic heterocycles. The summed E-state index contributed by atoms with van der Waals surface area (Å²) < 4.78 is 10.0. The topological polar surface area (TPSA) is 59.1 Å². The van der Waals surface area contributed by atoms with E-state index in [4.69, 9.17) is 4.74 Å². The number of hydrogen-bond donors (Lipinski definition) is 1. The number of phenols is 1. The van der Waals surface area contributed by atoms with Crippen molar-refractivity contribution in [2.24, 2.45) is 0 Å². The van der Waals surface area contributed by atoms with Crippen LogP contribution in [0.5, 0.6) is 5.75 Å². The normalized spacial score (nSPS) is 20.5. The first kappa shape index (κ1) is 13.6. The molecule has 0 radical (unpaired) electrons. The van der Waals surface area contributed by atoms with Gasteiger partial charge >= 0.3 is 5.97 Å². The van der Waals surface area contributed by atoms with Crippen molar-refractivity contribution in [3.05, 3.63) is 35.4 Å². The van der Waals surface area contributed by atoms with Crippen molar-refractivity contribution in [2.75, 3.05) is 7.11 Å². The molecule has 1 saturated heterocycles. The van der Waals surface area contributed by atoms with Gasteiger partial charge in [-0.25, -0.2) is 4.79 Å². The van der Waals surface area contributed by atoms with Gasteiger partial charge in [0.2, 0.25) is 0 Å². The van der Waals surface area contributed by atoms with Crippen molar-refractivity contribution in [2.45, 2.75) is 32.0 Å². The van der Waals surface area contributed by atoms with Crippen molar-refractivity contribution in [3.8, 4) is 5.75 Å². The molecule has 1 N–H and O–H groups in total. The molecule has 0 aromatic heterocycles. The molecule has 0 saturated carbocycles. The van der Waals surface area contributed by atoms with E-state index in [-0.39, 0.29) is 17.5 Å². The average Bonchev–Trinajstić information content (AvgIpc) is 2.97. The van der Waals surface area contributed by atoms with E-state index in [1.807, 2.05) is 19.9 Å². The van der Waals surface area contributed by atoms with Crippen LogP contribution in [0.4, 0.5) is 0 Å². The van der Waals surface area contributed by atoms with Crippen LogP contribution in [0.2, 0.25) is 0 Å². The number of phenolic OH excluding ortho intramolecular Hbond substituents is 1. The van der Waals surface area contributed by atoms with Gasteiger partial charge in [-0.3, -0.25) is 0 Å². The molecule has 0 amide bonds. The zero-order valence-electron chi connectivity index (χ0n) is 11.3. The van der Waals surface area contributed by atoms with E-state index < -0.39 is 5.97 Å². The van der Waals surface area contributed by atoms with E-state index in [1.165, 1.54) is 13.2 Å². The average molecular weight is 262 g/mol. The van der Waals surface area contributed by atoms with E-state index in [9.17, 15) is 9.90 Å². The number of carbonyl (C=O) groups is 1. The highest BCUT2D eigenvalue weighted by molar-refractivity contribution is 5.86. The summed E-state index contributed by atoms with van der Waals surface area (Å²) in [6.07, 6.45) is 3.82. The van der Waals surface area contributed by atoms with Gasteiger partial charge in [-0.15, -0.1) is 0 Å². The second-order valence-corrected chi connectivity index (χ2v) is 5.16. The Hall–Kier alpha value is -1.81. The highest BCUT2D eigenvalue weighted by atomic mass is 16.6. The third kappa shape index (κ3) is 3.35. The maximum atomic E-state index is 11.0. The van der Waals surface area contributed by atoms with Gasteiger partial charge in [0.1, 0.15) is 5.75 Å². The van der Waals surface area contributed by atoms with Gasteiger partial charge in [-0.2, -0.15) is 0 Å². The van der Waals surface area contributed by atoms with E-state index >= 15 is 0 Å². The largest absolute Gasteiger partial charge is 0.508 e. The van der Waals surface area contributed by atoms with Crippen LogP contribution in [0.3, 0.4) is 0 Å². The van der Waals surface area contributed by atoms with Gasteiger partial charge in [0.05, 0.1) is 18.8 Å². The van der Waals surface area contributed by atoms with Crippen LogP contribution in [0.25, 0.3) is 6.08 Å². The molecule has 1 aromatic carbocycles. The van der Waals surface area contributed by atoms with Crippen LogP contribution in [0, 0.1) is 0 Å². The SMILES string of the molecule is COC(=O)/C=C/c1ccc(O)c(C[C@H]2OC2(C)C)c1. The molecule has 102 valence electrons. The van der Waals surface area contributed by atoms with E-state index in [2.05, 4.69) is 4.74 Å². The summed E-state index contributed by atoms with van der Waals surface area (Å²) in [6.45, 7) is 4.05. The number of benzene rings is 1. The Bertz CT molecular complexity index is 517. The van der Waals surface area contributed by atoms with Crippen molar-refractivity contribution in [1.82, 2.24) is 0 Å². The monoisotopic (exact) mass is 262 g/mol. The van der Waals surface area contributed by atoms with Crippen LogP contribution in [-0.2, 0) is 20.7 Å². The fourth-order valence-corrected chi connectivity index (χ4v) is 1.92. The first-order valence-electron chi connectivity index (χ1n) is 6.18. The zero-order valence-corrected chi connectivity index (χ0v) is 11.3. The molecule has 1 fully saturated rings. The molecule has 4 nitrogen and oxygen atoms in total. The lowest BCUT2D eigenvalue weighted by atomic mass is 10.00. The standard InChI is InChI=1S/C15H18O4/c1-15(2)13(19-15)9-11-8-10(4-6-12(11)16)5-7-14(17)18-3/h4-8,13,16H,9H2,1-3H3/b7-5+/t13-/m1/s1. The summed E-state index contributed by atoms with van der Waals surface area (Å²) in [4.78, 5) is 11.0. The highest BCUT2D eigenvalue weighted by Crippen LogP contribution is 2.39. The number of hydrogen-bond acceptors (Lipinski definition) is 4. The van der Waals surface area contributed by atoms with Crippen LogP contribution in [0.15, 0.2) is 24.3 Å². The Labute approximate surface area is 112 Å². The number of esters is 1. The van der Waals surface area contributed by atoms with Crippen LogP contribution in [0.1, 0.15) is 25.0 Å². The van der Waals surface area contributed by atoms with Crippen LogP contribution in [-0.4, -0.2) is 29.9 Å². The number of rotatable bonds is 4. The maximum absolute atomic E-state index is 11.0. The van der Waals surface area contributed by atoms with Gasteiger partial charge in [0.15, 0.2) is 0 Å². The molecule has 19 heavy (non-hydrogen) atoms. The zero-order chi connectivity index (χ0) is 14.0. The first-order valence-corrected chi connectivity index (χ1v) is 6.18. The van der Waals surface area contributed by atoms with Crippen molar-refractivity contribution in [3.63, 3.8) is 0 Å². The summed E-state index contributed by atoms with van der Waals surface area (Å²) in [5, 5.41) is 9.83. The van der Waals surface area contributed by atoms with Crippen LogP contribution >= 0.6 is 0 Å². The lowest BCUT2D eigenvalue weighted by molar-refractivity contribution is -0.134. The predicted molar refractivity (Wildman–Crippen MR) is 71.8 cm³/mol. The maximum Gasteiger partial charge on any atom is 0.330 e. The predicted octanol–water partition coefficient (Wildman–Crippen LogP) is 2.30. The van der Waals surface area contributed by atoms with E-state index in [0.29, 0.717) is 6.42 Å². The second-order valence-electron chi connectivity index (χ2n) is 5.16. The fraction of sp³-hybridized carbons (Fsp3) is 0.400. The number of methoxy groups -OCH3 is 1. The Morgan fingerprint density at radius 2 is 2.21 bits per heavy atom. The summed E-state index contributed by atoms with van der Waals surface area (Å²) in [5.74, 6) is -0.150. The summed E-state index contributed by atoms with van der Waals surface area (Å²) in [5.41, 5.74) is 1.56. The van der Waals surface area contributed by atoms with Gasteiger partial charge < -0.3 is 14.6 Å².